The molecule has 0 saturated carbocycles. The number of hydrogen-bond donors (Lipinski definition) is 1. The normalized spacial score (nSPS) is 30.3. The molecule has 2 aliphatic rings. The van der Waals surface area contributed by atoms with Crippen LogP contribution >= 0.6 is 11.5 Å². The molecule has 4 atom stereocenters. The van der Waals surface area contributed by atoms with E-state index in [2.05, 4.69) is 9.69 Å². The first kappa shape index (κ1) is 15.2. The van der Waals surface area contributed by atoms with E-state index < -0.39 is 36.1 Å². The predicted octanol–water partition coefficient (Wildman–Crippen LogP) is 2.62. The van der Waals surface area contributed by atoms with E-state index in [4.69, 9.17) is 10.00 Å². The number of anilines is 1. The summed E-state index contributed by atoms with van der Waals surface area (Å²) in [5.41, 5.74) is 0.630. The van der Waals surface area contributed by atoms with Gasteiger partial charge < -0.3 is 10.1 Å². The van der Waals surface area contributed by atoms with Crippen LogP contribution in [0.3, 0.4) is 0 Å². The van der Waals surface area contributed by atoms with E-state index in [0.717, 1.165) is 11.5 Å². The molecule has 3 rings (SSSR count). The molecular formula is C13H12F3N3O2S. The minimum absolute atomic E-state index is 0.186. The smallest absolute Gasteiger partial charge is 0.373 e. The lowest BCUT2D eigenvalue weighted by molar-refractivity contribution is -0.196. The number of amides is 1. The van der Waals surface area contributed by atoms with Crippen molar-refractivity contribution in [2.45, 2.75) is 38.1 Å². The lowest BCUT2D eigenvalue weighted by atomic mass is 9.78. The fourth-order valence-electron chi connectivity index (χ4n) is 3.21. The Morgan fingerprint density at radius 3 is 2.77 bits per heavy atom. The Morgan fingerprint density at radius 1 is 1.45 bits per heavy atom. The first-order valence-electron chi connectivity index (χ1n) is 6.72. The maximum absolute atomic E-state index is 13.2. The second-order valence-corrected chi connectivity index (χ2v) is 6.23. The molecule has 1 N–H and O–H groups in total. The number of alkyl halides is 3. The van der Waals surface area contributed by atoms with Crippen LogP contribution in [-0.4, -0.2) is 28.7 Å². The van der Waals surface area contributed by atoms with Crippen molar-refractivity contribution in [2.75, 3.05) is 5.32 Å². The van der Waals surface area contributed by atoms with Crippen molar-refractivity contribution in [2.24, 2.45) is 11.8 Å². The van der Waals surface area contributed by atoms with Crippen molar-refractivity contribution in [3.63, 3.8) is 0 Å². The van der Waals surface area contributed by atoms with Gasteiger partial charge in [-0.1, -0.05) is 0 Å². The van der Waals surface area contributed by atoms with Crippen molar-refractivity contribution in [1.82, 2.24) is 4.37 Å². The summed E-state index contributed by atoms with van der Waals surface area (Å²) in [4.78, 5) is 12.3. The van der Waals surface area contributed by atoms with Crippen LogP contribution in [0.25, 0.3) is 0 Å². The minimum Gasteiger partial charge on any atom is -0.373 e. The molecule has 0 radical (unpaired) electrons. The second kappa shape index (κ2) is 5.21. The number of carbonyl (C=O) groups excluding carboxylic acids is 1. The maximum atomic E-state index is 13.2. The molecule has 2 fully saturated rings. The summed E-state index contributed by atoms with van der Waals surface area (Å²) in [6, 6.07) is 1.89. The lowest BCUT2D eigenvalue weighted by Gasteiger charge is -2.28. The van der Waals surface area contributed by atoms with Crippen LogP contribution in [0, 0.1) is 30.1 Å². The second-order valence-electron chi connectivity index (χ2n) is 5.46. The molecular weight excluding hydrogens is 319 g/mol. The van der Waals surface area contributed by atoms with Gasteiger partial charge in [-0.2, -0.15) is 22.8 Å². The Bertz CT molecular complexity index is 652. The van der Waals surface area contributed by atoms with Gasteiger partial charge in [0.25, 0.3) is 0 Å². The van der Waals surface area contributed by atoms with Crippen molar-refractivity contribution in [3.8, 4) is 6.07 Å². The fourth-order valence-corrected chi connectivity index (χ4v) is 3.96. The number of carbonyl (C=O) groups is 1. The van der Waals surface area contributed by atoms with Crippen molar-refractivity contribution in [1.29, 1.82) is 5.26 Å². The lowest BCUT2D eigenvalue weighted by Crippen LogP contribution is -2.44. The monoisotopic (exact) mass is 331 g/mol. The number of aromatic nitrogens is 1. The molecule has 9 heteroatoms. The molecule has 2 bridgehead atoms. The third-order valence-corrected chi connectivity index (χ3v) is 5.02. The highest BCUT2D eigenvalue weighted by molar-refractivity contribution is 7.10. The third-order valence-electron chi connectivity index (χ3n) is 4.17. The Hall–Kier alpha value is -1.66. The van der Waals surface area contributed by atoms with Gasteiger partial charge >= 0.3 is 6.18 Å². The fraction of sp³-hybridized carbons (Fsp3) is 0.615. The van der Waals surface area contributed by atoms with Gasteiger partial charge in [0.2, 0.25) is 5.91 Å². The van der Waals surface area contributed by atoms with E-state index in [-0.39, 0.29) is 10.6 Å². The SMILES string of the molecule is Cc1nsc(NC(=O)C2C3CCC(O3)C2C(F)(F)F)c1C#N. The number of hydrogen-bond acceptors (Lipinski definition) is 5. The van der Waals surface area contributed by atoms with Gasteiger partial charge in [-0.3, -0.25) is 4.79 Å². The molecule has 5 nitrogen and oxygen atoms in total. The molecule has 3 heterocycles. The average Bonchev–Trinajstić information content (AvgIpc) is 3.11. The van der Waals surface area contributed by atoms with Crippen molar-refractivity contribution in [3.05, 3.63) is 11.3 Å². The van der Waals surface area contributed by atoms with Crippen molar-refractivity contribution >= 4 is 22.4 Å². The van der Waals surface area contributed by atoms with E-state index in [0.29, 0.717) is 18.5 Å². The first-order valence-corrected chi connectivity index (χ1v) is 7.49. The number of rotatable bonds is 2. The molecule has 1 aromatic rings. The van der Waals surface area contributed by atoms with E-state index >= 15 is 0 Å². The Balaban J connectivity index is 1.84. The van der Waals surface area contributed by atoms with Gasteiger partial charge in [0, 0.05) is 0 Å². The Labute approximate surface area is 128 Å². The Morgan fingerprint density at radius 2 is 2.14 bits per heavy atom. The zero-order chi connectivity index (χ0) is 16.1. The summed E-state index contributed by atoms with van der Waals surface area (Å²) in [6.07, 6.45) is -5.37. The van der Waals surface area contributed by atoms with Gasteiger partial charge in [0.05, 0.1) is 29.7 Å². The van der Waals surface area contributed by atoms with Crippen LogP contribution in [0.2, 0.25) is 0 Å². The van der Waals surface area contributed by atoms with Crippen LogP contribution in [0.5, 0.6) is 0 Å². The van der Waals surface area contributed by atoms with Crippen LogP contribution in [0.15, 0.2) is 0 Å². The molecule has 22 heavy (non-hydrogen) atoms. The van der Waals surface area contributed by atoms with Crippen LogP contribution in [0.4, 0.5) is 18.2 Å². The molecule has 0 spiro atoms. The highest BCUT2D eigenvalue weighted by atomic mass is 32.1. The molecule has 4 unspecified atom stereocenters. The van der Waals surface area contributed by atoms with Gasteiger partial charge in [0.1, 0.15) is 16.6 Å². The summed E-state index contributed by atoms with van der Waals surface area (Å²) >= 11 is 0.890. The van der Waals surface area contributed by atoms with E-state index in [9.17, 15) is 18.0 Å². The number of nitriles is 1. The summed E-state index contributed by atoms with van der Waals surface area (Å²) < 4.78 is 48.8. The largest absolute Gasteiger partial charge is 0.395 e. The highest BCUT2D eigenvalue weighted by Crippen LogP contribution is 2.50. The van der Waals surface area contributed by atoms with Gasteiger partial charge in [0.15, 0.2) is 0 Å². The predicted molar refractivity (Wildman–Crippen MR) is 71.1 cm³/mol. The minimum atomic E-state index is -4.48. The molecule has 0 aromatic carbocycles. The average molecular weight is 331 g/mol. The summed E-state index contributed by atoms with van der Waals surface area (Å²) in [5.74, 6) is -3.81. The van der Waals surface area contributed by atoms with Gasteiger partial charge in [-0.15, -0.1) is 0 Å². The summed E-state index contributed by atoms with van der Waals surface area (Å²) in [5, 5.41) is 11.6. The zero-order valence-corrected chi connectivity index (χ0v) is 12.3. The van der Waals surface area contributed by atoms with Gasteiger partial charge in [-0.25, -0.2) is 0 Å². The molecule has 2 saturated heterocycles. The topological polar surface area (TPSA) is 75.0 Å². The number of fused-ring (bicyclic) bond motifs is 2. The standard InChI is InChI=1S/C13H12F3N3O2S/c1-5-6(4-17)12(22-19-5)18-11(20)9-7-2-3-8(21-7)10(9)13(14,15)16/h7-10H,2-3H2,1H3,(H,18,20). The quantitative estimate of drug-likeness (QED) is 0.904. The maximum Gasteiger partial charge on any atom is 0.395 e. The third kappa shape index (κ3) is 2.36. The van der Waals surface area contributed by atoms with Crippen LogP contribution in [0.1, 0.15) is 24.1 Å². The van der Waals surface area contributed by atoms with Crippen molar-refractivity contribution < 1.29 is 22.7 Å². The van der Waals surface area contributed by atoms with Crippen LogP contribution in [-0.2, 0) is 9.53 Å². The van der Waals surface area contributed by atoms with E-state index in [1.54, 1.807) is 6.92 Å². The Kier molecular flexibility index (Phi) is 3.61. The van der Waals surface area contributed by atoms with Gasteiger partial charge in [-0.05, 0) is 31.3 Å². The number of ether oxygens (including phenoxy) is 1. The molecule has 2 aliphatic heterocycles. The number of halogens is 3. The molecule has 0 aliphatic carbocycles. The number of aryl methyl sites for hydroxylation is 1. The highest BCUT2D eigenvalue weighted by Gasteiger charge is 2.62. The number of nitrogens with zero attached hydrogens (tertiary/aromatic N) is 2. The number of nitrogens with one attached hydrogen (secondary N) is 1. The van der Waals surface area contributed by atoms with Crippen LogP contribution < -0.4 is 5.32 Å². The van der Waals surface area contributed by atoms with E-state index in [1.165, 1.54) is 0 Å². The van der Waals surface area contributed by atoms with E-state index in [1.807, 2.05) is 6.07 Å². The molecule has 1 aromatic heterocycles. The zero-order valence-electron chi connectivity index (χ0n) is 11.5. The molecule has 1 amide bonds. The summed E-state index contributed by atoms with van der Waals surface area (Å²) in [7, 11) is 0. The first-order chi connectivity index (χ1) is 10.3. The molecule has 118 valence electrons. The summed E-state index contributed by atoms with van der Waals surface area (Å²) in [6.45, 7) is 1.60.